The number of rotatable bonds is 2. The number of pyridine rings is 1. The maximum absolute atomic E-state index is 9.71. The Kier molecular flexibility index (Phi) is 3.61. The van der Waals surface area contributed by atoms with Crippen LogP contribution >= 0.6 is 0 Å². The van der Waals surface area contributed by atoms with Crippen molar-refractivity contribution in [1.29, 1.82) is 5.26 Å². The monoisotopic (exact) mass is 294 g/mol. The van der Waals surface area contributed by atoms with Gasteiger partial charge in [0.05, 0.1) is 18.2 Å². The summed E-state index contributed by atoms with van der Waals surface area (Å²) >= 11 is 0. The molecular weight excluding hydrogens is 279 g/mol. The average molecular weight is 294 g/mol. The molecule has 0 radical (unpaired) electrons. The van der Waals surface area contributed by atoms with E-state index in [-0.39, 0.29) is 0 Å². The lowest BCUT2D eigenvalue weighted by Crippen LogP contribution is -2.28. The molecule has 1 aromatic heterocycles. The Morgan fingerprint density at radius 2 is 2.09 bits per heavy atom. The van der Waals surface area contributed by atoms with Crippen molar-refractivity contribution in [2.75, 3.05) is 0 Å². The van der Waals surface area contributed by atoms with Crippen LogP contribution in [0.25, 0.3) is 0 Å². The fourth-order valence-electron chi connectivity index (χ4n) is 2.46. The third kappa shape index (κ3) is 2.45. The summed E-state index contributed by atoms with van der Waals surface area (Å²) in [5, 5.41) is 18.9. The quantitative estimate of drug-likeness (QED) is 0.856. The summed E-state index contributed by atoms with van der Waals surface area (Å²) in [6, 6.07) is 7.50. The van der Waals surface area contributed by atoms with Gasteiger partial charge in [0.25, 0.3) is 0 Å². The molecule has 0 unspecified atom stereocenters. The van der Waals surface area contributed by atoms with Crippen LogP contribution in [0.3, 0.4) is 0 Å². The smallest absolute Gasteiger partial charge is 0.439 e. The molecule has 1 aliphatic heterocycles. The van der Waals surface area contributed by atoms with Gasteiger partial charge in [-0.2, -0.15) is 5.26 Å². The number of benzene rings is 1. The van der Waals surface area contributed by atoms with Crippen LogP contribution in [0.1, 0.15) is 27.9 Å². The second kappa shape index (κ2) is 5.45. The molecule has 2 heterocycles. The fourth-order valence-corrected chi connectivity index (χ4v) is 2.46. The van der Waals surface area contributed by atoms with Gasteiger partial charge in [-0.05, 0) is 49.0 Å². The molecule has 0 atom stereocenters. The van der Waals surface area contributed by atoms with E-state index in [2.05, 4.69) is 11.1 Å². The van der Waals surface area contributed by atoms with E-state index in [0.29, 0.717) is 23.8 Å². The van der Waals surface area contributed by atoms with Crippen LogP contribution in [0.2, 0.25) is 0 Å². The maximum Gasteiger partial charge on any atom is 0.491 e. The topological polar surface area (TPSA) is 75.4 Å². The van der Waals surface area contributed by atoms with Crippen molar-refractivity contribution in [3.8, 4) is 17.7 Å². The number of aryl methyl sites for hydroxylation is 2. The molecule has 1 aliphatic rings. The largest absolute Gasteiger partial charge is 0.491 e. The van der Waals surface area contributed by atoms with Gasteiger partial charge in [0.2, 0.25) is 5.88 Å². The minimum absolute atomic E-state index is 0.358. The van der Waals surface area contributed by atoms with Crippen molar-refractivity contribution >= 4 is 12.6 Å². The first kappa shape index (κ1) is 14.6. The van der Waals surface area contributed by atoms with Crippen molar-refractivity contribution in [2.45, 2.75) is 27.4 Å². The lowest BCUT2D eigenvalue weighted by atomic mass is 9.79. The van der Waals surface area contributed by atoms with Gasteiger partial charge in [-0.15, -0.1) is 0 Å². The highest BCUT2D eigenvalue weighted by Crippen LogP contribution is 2.28. The zero-order chi connectivity index (χ0) is 15.9. The number of aromatic nitrogens is 1. The molecule has 0 bridgehead atoms. The predicted molar refractivity (Wildman–Crippen MR) is 82.1 cm³/mol. The van der Waals surface area contributed by atoms with E-state index in [1.54, 1.807) is 6.07 Å². The standard InChI is InChI=1S/C16H15BN2O3/c1-9-4-14-13(8-21-17(14)20)5-15(9)22-16-6-12(7-18)10(2)11(3)19-16/h4-6,20H,8H2,1-3H3. The Bertz CT molecular complexity index is 799. The van der Waals surface area contributed by atoms with E-state index in [0.717, 1.165) is 27.8 Å². The summed E-state index contributed by atoms with van der Waals surface area (Å²) in [7, 11) is -0.868. The summed E-state index contributed by atoms with van der Waals surface area (Å²) in [6.07, 6.45) is 0. The second-order valence-corrected chi connectivity index (χ2v) is 5.41. The molecule has 0 fully saturated rings. The van der Waals surface area contributed by atoms with E-state index in [1.165, 1.54) is 0 Å². The van der Waals surface area contributed by atoms with Gasteiger partial charge in [0.1, 0.15) is 5.75 Å². The Hall–Kier alpha value is -2.36. The van der Waals surface area contributed by atoms with Crippen LogP contribution in [-0.2, 0) is 11.3 Å². The summed E-state index contributed by atoms with van der Waals surface area (Å²) in [4.78, 5) is 4.37. The van der Waals surface area contributed by atoms with Crippen LogP contribution in [0, 0.1) is 32.1 Å². The van der Waals surface area contributed by atoms with Crippen LogP contribution in [-0.4, -0.2) is 17.1 Å². The lowest BCUT2D eigenvalue weighted by Gasteiger charge is -2.12. The molecule has 1 aromatic carbocycles. The lowest BCUT2D eigenvalue weighted by molar-refractivity contribution is 0.275. The number of nitrogens with zero attached hydrogens (tertiary/aromatic N) is 2. The molecule has 6 heteroatoms. The maximum atomic E-state index is 9.71. The van der Waals surface area contributed by atoms with Gasteiger partial charge in [-0.3, -0.25) is 0 Å². The van der Waals surface area contributed by atoms with Crippen molar-refractivity contribution in [1.82, 2.24) is 4.98 Å². The number of nitriles is 1. The third-order valence-corrected chi connectivity index (χ3v) is 3.93. The van der Waals surface area contributed by atoms with Crippen molar-refractivity contribution in [2.24, 2.45) is 0 Å². The molecule has 3 rings (SSSR count). The van der Waals surface area contributed by atoms with Crippen molar-refractivity contribution < 1.29 is 14.4 Å². The SMILES string of the molecule is Cc1cc2c(cc1Oc1cc(C#N)c(C)c(C)n1)COB2O. The van der Waals surface area contributed by atoms with E-state index in [1.807, 2.05) is 32.9 Å². The average Bonchev–Trinajstić information content (AvgIpc) is 2.84. The minimum Gasteiger partial charge on any atom is -0.439 e. The van der Waals surface area contributed by atoms with Crippen LogP contribution in [0.15, 0.2) is 18.2 Å². The summed E-state index contributed by atoms with van der Waals surface area (Å²) in [6.45, 7) is 5.97. The van der Waals surface area contributed by atoms with Gasteiger partial charge < -0.3 is 14.4 Å². The van der Waals surface area contributed by atoms with E-state index in [4.69, 9.17) is 14.7 Å². The van der Waals surface area contributed by atoms with Gasteiger partial charge in [-0.25, -0.2) is 4.98 Å². The first-order valence-corrected chi connectivity index (χ1v) is 6.99. The van der Waals surface area contributed by atoms with Crippen LogP contribution in [0.5, 0.6) is 11.6 Å². The first-order chi connectivity index (χ1) is 10.5. The van der Waals surface area contributed by atoms with Gasteiger partial charge >= 0.3 is 7.12 Å². The Labute approximate surface area is 129 Å². The van der Waals surface area contributed by atoms with E-state index < -0.39 is 7.12 Å². The number of hydrogen-bond donors (Lipinski definition) is 1. The van der Waals surface area contributed by atoms with Crippen molar-refractivity contribution in [3.63, 3.8) is 0 Å². The molecule has 1 N–H and O–H groups in total. The predicted octanol–water partition coefficient (Wildman–Crippen LogP) is 1.89. The molecule has 110 valence electrons. The molecule has 22 heavy (non-hydrogen) atoms. The van der Waals surface area contributed by atoms with Crippen molar-refractivity contribution in [3.05, 3.63) is 46.1 Å². The zero-order valence-corrected chi connectivity index (χ0v) is 12.7. The van der Waals surface area contributed by atoms with E-state index >= 15 is 0 Å². The Balaban J connectivity index is 1.98. The molecule has 0 saturated heterocycles. The van der Waals surface area contributed by atoms with Crippen LogP contribution in [0.4, 0.5) is 0 Å². The third-order valence-electron chi connectivity index (χ3n) is 3.93. The highest BCUT2D eigenvalue weighted by Gasteiger charge is 2.28. The van der Waals surface area contributed by atoms with Gasteiger partial charge in [0, 0.05) is 11.8 Å². The number of fused-ring (bicyclic) bond motifs is 1. The van der Waals surface area contributed by atoms with Gasteiger partial charge in [-0.1, -0.05) is 6.07 Å². The highest BCUT2D eigenvalue weighted by atomic mass is 16.5. The number of hydrogen-bond acceptors (Lipinski definition) is 5. The molecule has 5 nitrogen and oxygen atoms in total. The summed E-state index contributed by atoms with van der Waals surface area (Å²) < 4.78 is 11.0. The van der Waals surface area contributed by atoms with Gasteiger partial charge in [0.15, 0.2) is 0 Å². The highest BCUT2D eigenvalue weighted by molar-refractivity contribution is 6.61. The Morgan fingerprint density at radius 3 is 2.82 bits per heavy atom. The molecule has 0 aliphatic carbocycles. The normalized spacial score (nSPS) is 13.0. The first-order valence-electron chi connectivity index (χ1n) is 6.99. The van der Waals surface area contributed by atoms with E-state index in [9.17, 15) is 5.02 Å². The zero-order valence-electron chi connectivity index (χ0n) is 12.7. The fraction of sp³-hybridized carbons (Fsp3) is 0.250. The van der Waals surface area contributed by atoms with Crippen LogP contribution < -0.4 is 10.2 Å². The Morgan fingerprint density at radius 1 is 1.32 bits per heavy atom. The summed E-state index contributed by atoms with van der Waals surface area (Å²) in [5.74, 6) is 1.04. The number of ether oxygens (including phenoxy) is 1. The second-order valence-electron chi connectivity index (χ2n) is 5.41. The molecule has 0 amide bonds. The molecule has 0 spiro atoms. The molecule has 2 aromatic rings. The minimum atomic E-state index is -0.868. The molecular formula is C16H15BN2O3. The summed E-state index contributed by atoms with van der Waals surface area (Å²) in [5.41, 5.74) is 4.73. The molecule has 0 saturated carbocycles.